The van der Waals surface area contributed by atoms with Crippen molar-refractivity contribution in [1.29, 1.82) is 0 Å². The first-order valence-electron chi connectivity index (χ1n) is 10.0. The van der Waals surface area contributed by atoms with Crippen LogP contribution in [0.25, 0.3) is 0 Å². The summed E-state index contributed by atoms with van der Waals surface area (Å²) in [6.45, 7) is 1.33. The lowest BCUT2D eigenvalue weighted by Gasteiger charge is -2.18. The topological polar surface area (TPSA) is 96.2 Å². The molecule has 0 aliphatic heterocycles. The molecular weight excluding hydrogens is 433 g/mol. The Bertz CT molecular complexity index is 1090. The number of nitrogens with one attached hydrogen (secondary N) is 1. The van der Waals surface area contributed by atoms with Crippen LogP contribution >= 0.6 is 0 Å². The van der Waals surface area contributed by atoms with Crippen LogP contribution in [0.4, 0.5) is 4.39 Å². The predicted octanol–water partition coefficient (Wildman–Crippen LogP) is 4.05. The molecule has 0 bridgehead atoms. The SMILES string of the molecule is COc1ccc(OC)c(C(C)NC(=O)COC(=O)c2ccc(COc3ccc(F)cc3)o2)c1. The molecule has 33 heavy (non-hydrogen) atoms. The van der Waals surface area contributed by atoms with E-state index in [9.17, 15) is 14.0 Å². The molecule has 0 fully saturated rings. The standard InChI is InChI=1S/C24H24FNO7/c1-15(20-12-18(29-2)8-10-21(20)30-3)26-23(27)14-32-24(28)22-11-9-19(33-22)13-31-17-6-4-16(25)5-7-17/h4-12,15H,13-14H2,1-3H3,(H,26,27). The first-order chi connectivity index (χ1) is 15.9. The van der Waals surface area contributed by atoms with Gasteiger partial charge in [-0.15, -0.1) is 0 Å². The van der Waals surface area contributed by atoms with Gasteiger partial charge in [-0.25, -0.2) is 9.18 Å². The van der Waals surface area contributed by atoms with Crippen LogP contribution in [-0.4, -0.2) is 32.7 Å². The summed E-state index contributed by atoms with van der Waals surface area (Å²) < 4.78 is 39.4. The lowest BCUT2D eigenvalue weighted by Crippen LogP contribution is -2.31. The summed E-state index contributed by atoms with van der Waals surface area (Å²) in [7, 11) is 3.08. The molecule has 0 saturated heterocycles. The number of amides is 1. The Labute approximate surface area is 190 Å². The van der Waals surface area contributed by atoms with Crippen molar-refractivity contribution in [1.82, 2.24) is 5.32 Å². The maximum Gasteiger partial charge on any atom is 0.374 e. The third kappa shape index (κ3) is 6.49. The molecule has 174 valence electrons. The highest BCUT2D eigenvalue weighted by molar-refractivity contribution is 5.89. The number of hydrogen-bond acceptors (Lipinski definition) is 7. The van der Waals surface area contributed by atoms with Gasteiger partial charge in [0, 0.05) is 5.56 Å². The molecular formula is C24H24FNO7. The summed E-state index contributed by atoms with van der Waals surface area (Å²) in [4.78, 5) is 24.5. The van der Waals surface area contributed by atoms with Crippen LogP contribution < -0.4 is 19.5 Å². The van der Waals surface area contributed by atoms with Gasteiger partial charge in [0.25, 0.3) is 5.91 Å². The summed E-state index contributed by atoms with van der Waals surface area (Å²) in [6.07, 6.45) is 0. The zero-order chi connectivity index (χ0) is 23.8. The Balaban J connectivity index is 1.49. The third-order valence-electron chi connectivity index (χ3n) is 4.67. The van der Waals surface area contributed by atoms with Gasteiger partial charge in [-0.1, -0.05) is 0 Å². The lowest BCUT2D eigenvalue weighted by molar-refractivity contribution is -0.124. The number of furan rings is 1. The van der Waals surface area contributed by atoms with E-state index < -0.39 is 24.5 Å². The smallest absolute Gasteiger partial charge is 0.374 e. The number of carbonyl (C=O) groups is 2. The van der Waals surface area contributed by atoms with Crippen molar-refractivity contribution in [2.24, 2.45) is 0 Å². The van der Waals surface area contributed by atoms with E-state index in [1.54, 1.807) is 38.3 Å². The average molecular weight is 457 g/mol. The molecule has 0 aliphatic rings. The van der Waals surface area contributed by atoms with E-state index in [4.69, 9.17) is 23.4 Å². The van der Waals surface area contributed by atoms with Gasteiger partial charge in [-0.2, -0.15) is 0 Å². The van der Waals surface area contributed by atoms with E-state index in [-0.39, 0.29) is 18.2 Å². The van der Waals surface area contributed by atoms with E-state index >= 15 is 0 Å². The van der Waals surface area contributed by atoms with Crippen LogP contribution in [0, 0.1) is 5.82 Å². The van der Waals surface area contributed by atoms with E-state index in [1.165, 1.54) is 37.4 Å². The van der Waals surface area contributed by atoms with Gasteiger partial charge in [0.1, 0.15) is 35.4 Å². The van der Waals surface area contributed by atoms with Crippen molar-refractivity contribution in [3.63, 3.8) is 0 Å². The van der Waals surface area contributed by atoms with Crippen LogP contribution in [0.3, 0.4) is 0 Å². The van der Waals surface area contributed by atoms with Crippen LogP contribution in [0.5, 0.6) is 17.2 Å². The monoisotopic (exact) mass is 457 g/mol. The molecule has 9 heteroatoms. The highest BCUT2D eigenvalue weighted by atomic mass is 19.1. The van der Waals surface area contributed by atoms with Crippen molar-refractivity contribution < 1.29 is 37.3 Å². The quantitative estimate of drug-likeness (QED) is 0.459. The molecule has 1 N–H and O–H groups in total. The molecule has 3 aromatic rings. The van der Waals surface area contributed by atoms with Crippen molar-refractivity contribution in [3.8, 4) is 17.2 Å². The van der Waals surface area contributed by atoms with Crippen molar-refractivity contribution in [3.05, 3.63) is 77.5 Å². The number of benzene rings is 2. The second kappa shape index (κ2) is 11.0. The fourth-order valence-electron chi connectivity index (χ4n) is 2.99. The van der Waals surface area contributed by atoms with Crippen LogP contribution in [0.2, 0.25) is 0 Å². The largest absolute Gasteiger partial charge is 0.497 e. The molecule has 1 aromatic heterocycles. The summed E-state index contributed by atoms with van der Waals surface area (Å²) >= 11 is 0. The Morgan fingerprint density at radius 2 is 1.73 bits per heavy atom. The van der Waals surface area contributed by atoms with Crippen molar-refractivity contribution in [2.75, 3.05) is 20.8 Å². The zero-order valence-corrected chi connectivity index (χ0v) is 18.4. The summed E-state index contributed by atoms with van der Waals surface area (Å²) in [5.41, 5.74) is 0.716. The van der Waals surface area contributed by atoms with Crippen molar-refractivity contribution in [2.45, 2.75) is 19.6 Å². The minimum Gasteiger partial charge on any atom is -0.497 e. The molecule has 3 rings (SSSR count). The van der Waals surface area contributed by atoms with E-state index in [2.05, 4.69) is 5.32 Å². The summed E-state index contributed by atoms with van der Waals surface area (Å²) in [5, 5.41) is 2.75. The Kier molecular flexibility index (Phi) is 7.91. The molecule has 0 spiro atoms. The second-order valence-corrected chi connectivity index (χ2v) is 6.98. The predicted molar refractivity (Wildman–Crippen MR) is 116 cm³/mol. The van der Waals surface area contributed by atoms with E-state index in [0.29, 0.717) is 28.6 Å². The molecule has 0 aliphatic carbocycles. The first-order valence-corrected chi connectivity index (χ1v) is 10.0. The highest BCUT2D eigenvalue weighted by Crippen LogP contribution is 2.29. The number of hydrogen-bond donors (Lipinski definition) is 1. The molecule has 8 nitrogen and oxygen atoms in total. The fourth-order valence-corrected chi connectivity index (χ4v) is 2.99. The Morgan fingerprint density at radius 3 is 2.42 bits per heavy atom. The van der Waals surface area contributed by atoms with Gasteiger partial charge in [0.15, 0.2) is 6.61 Å². The molecule has 1 heterocycles. The minimum atomic E-state index is -0.787. The number of carbonyl (C=O) groups excluding carboxylic acids is 2. The van der Waals surface area contributed by atoms with Gasteiger partial charge in [-0.05, 0) is 61.5 Å². The van der Waals surface area contributed by atoms with Gasteiger partial charge >= 0.3 is 5.97 Å². The Hall–Kier alpha value is -4.01. The number of ether oxygens (including phenoxy) is 4. The van der Waals surface area contributed by atoms with Gasteiger partial charge in [-0.3, -0.25) is 4.79 Å². The first kappa shape index (κ1) is 23.6. The van der Waals surface area contributed by atoms with Crippen LogP contribution in [0.1, 0.15) is 34.8 Å². The second-order valence-electron chi connectivity index (χ2n) is 6.98. The van der Waals surface area contributed by atoms with Gasteiger partial charge in [0.05, 0.1) is 20.3 Å². The number of esters is 1. The van der Waals surface area contributed by atoms with Crippen LogP contribution in [-0.2, 0) is 16.1 Å². The highest BCUT2D eigenvalue weighted by Gasteiger charge is 2.18. The number of halogens is 1. The maximum absolute atomic E-state index is 12.9. The number of rotatable bonds is 10. The minimum absolute atomic E-state index is 0.0410. The third-order valence-corrected chi connectivity index (χ3v) is 4.67. The molecule has 0 saturated carbocycles. The number of methoxy groups -OCH3 is 2. The lowest BCUT2D eigenvalue weighted by atomic mass is 10.1. The van der Waals surface area contributed by atoms with Gasteiger partial charge in [0.2, 0.25) is 5.76 Å². The normalized spacial score (nSPS) is 11.4. The summed E-state index contributed by atoms with van der Waals surface area (Å²) in [6, 6.07) is 13.3. The van der Waals surface area contributed by atoms with E-state index in [1.807, 2.05) is 0 Å². The summed E-state index contributed by atoms with van der Waals surface area (Å²) in [5.74, 6) is 0.318. The maximum atomic E-state index is 12.9. The fraction of sp³-hybridized carbons (Fsp3) is 0.250. The Morgan fingerprint density at radius 1 is 1.00 bits per heavy atom. The van der Waals surface area contributed by atoms with Crippen LogP contribution in [0.15, 0.2) is 59.0 Å². The molecule has 2 aromatic carbocycles. The molecule has 0 radical (unpaired) electrons. The molecule has 1 amide bonds. The molecule has 1 atom stereocenters. The van der Waals surface area contributed by atoms with Gasteiger partial charge < -0.3 is 28.7 Å². The zero-order valence-electron chi connectivity index (χ0n) is 18.4. The van der Waals surface area contributed by atoms with E-state index in [0.717, 1.165) is 0 Å². The molecule has 1 unspecified atom stereocenters. The van der Waals surface area contributed by atoms with Crippen molar-refractivity contribution >= 4 is 11.9 Å². The average Bonchev–Trinajstić information content (AvgIpc) is 3.31.